The molecule has 0 amide bonds. The highest BCUT2D eigenvalue weighted by atomic mass is 16.5. The van der Waals surface area contributed by atoms with E-state index in [2.05, 4.69) is 0 Å². The highest BCUT2D eigenvalue weighted by Crippen LogP contribution is 2.32. The first-order valence-electron chi connectivity index (χ1n) is 6.11. The number of phenolic OH excluding ortho intramolecular Hbond substituents is 1. The van der Waals surface area contributed by atoms with Crippen molar-refractivity contribution in [3.8, 4) is 17.6 Å². The fraction of sp³-hybridized carbons (Fsp3) is 0.500. The van der Waals surface area contributed by atoms with Crippen molar-refractivity contribution in [3.63, 3.8) is 0 Å². The van der Waals surface area contributed by atoms with E-state index in [9.17, 15) is 5.11 Å². The first-order chi connectivity index (χ1) is 8.22. The van der Waals surface area contributed by atoms with E-state index in [-0.39, 0.29) is 11.9 Å². The summed E-state index contributed by atoms with van der Waals surface area (Å²) in [7, 11) is 0. The summed E-state index contributed by atoms with van der Waals surface area (Å²) in [5.74, 6) is 0.745. The Morgan fingerprint density at radius 1 is 1.29 bits per heavy atom. The van der Waals surface area contributed by atoms with E-state index in [4.69, 9.17) is 10.00 Å². The van der Waals surface area contributed by atoms with Crippen LogP contribution in [-0.2, 0) is 0 Å². The second-order valence-corrected chi connectivity index (χ2v) is 4.57. The number of aromatic hydroxyl groups is 1. The summed E-state index contributed by atoms with van der Waals surface area (Å²) in [6, 6.07) is 5.35. The van der Waals surface area contributed by atoms with E-state index in [0.717, 1.165) is 12.8 Å². The number of hydrogen-bond acceptors (Lipinski definition) is 3. The Morgan fingerprint density at radius 3 is 2.65 bits per heavy atom. The lowest BCUT2D eigenvalue weighted by atomic mass is 9.97. The first-order valence-corrected chi connectivity index (χ1v) is 6.11. The third-order valence-corrected chi connectivity index (χ3v) is 3.35. The molecular weight excluding hydrogens is 214 g/mol. The Morgan fingerprint density at radius 2 is 2.00 bits per heavy atom. The van der Waals surface area contributed by atoms with E-state index in [0.29, 0.717) is 16.9 Å². The van der Waals surface area contributed by atoms with Gasteiger partial charge < -0.3 is 9.84 Å². The molecule has 0 atom stereocenters. The lowest BCUT2D eigenvalue weighted by Gasteiger charge is -2.24. The summed E-state index contributed by atoms with van der Waals surface area (Å²) in [5, 5.41) is 18.6. The number of rotatable bonds is 2. The zero-order valence-corrected chi connectivity index (χ0v) is 10.1. The molecule has 1 N–H and O–H groups in total. The van der Waals surface area contributed by atoms with E-state index in [1.54, 1.807) is 19.1 Å². The average molecular weight is 231 g/mol. The number of nitrogens with zero attached hydrogens (tertiary/aromatic N) is 1. The van der Waals surface area contributed by atoms with Gasteiger partial charge in [-0.15, -0.1) is 0 Å². The molecule has 1 aliphatic rings. The van der Waals surface area contributed by atoms with Gasteiger partial charge in [-0.25, -0.2) is 0 Å². The zero-order valence-electron chi connectivity index (χ0n) is 10.1. The van der Waals surface area contributed by atoms with Crippen LogP contribution in [0.2, 0.25) is 0 Å². The maximum absolute atomic E-state index is 9.81. The lowest BCUT2D eigenvalue weighted by Crippen LogP contribution is -2.20. The molecule has 17 heavy (non-hydrogen) atoms. The van der Waals surface area contributed by atoms with Crippen LogP contribution < -0.4 is 4.74 Å². The van der Waals surface area contributed by atoms with Crippen molar-refractivity contribution in [2.24, 2.45) is 0 Å². The topological polar surface area (TPSA) is 53.2 Å². The molecule has 0 aliphatic heterocycles. The van der Waals surface area contributed by atoms with Gasteiger partial charge in [-0.1, -0.05) is 6.42 Å². The normalized spacial score (nSPS) is 16.5. The molecule has 90 valence electrons. The molecule has 0 heterocycles. The fourth-order valence-electron chi connectivity index (χ4n) is 2.26. The monoisotopic (exact) mass is 231 g/mol. The molecule has 1 aromatic rings. The molecule has 1 fully saturated rings. The molecule has 1 aliphatic carbocycles. The Hall–Kier alpha value is -1.69. The first kappa shape index (κ1) is 11.8. The van der Waals surface area contributed by atoms with Crippen LogP contribution in [0.1, 0.15) is 43.2 Å². The molecule has 1 saturated carbocycles. The average Bonchev–Trinajstić information content (AvgIpc) is 2.37. The summed E-state index contributed by atoms with van der Waals surface area (Å²) in [6.45, 7) is 1.79. The van der Waals surface area contributed by atoms with Gasteiger partial charge in [-0.3, -0.25) is 0 Å². The second kappa shape index (κ2) is 5.09. The van der Waals surface area contributed by atoms with Crippen molar-refractivity contribution in [2.75, 3.05) is 0 Å². The Balaban J connectivity index is 2.16. The van der Waals surface area contributed by atoms with Crippen LogP contribution in [0.3, 0.4) is 0 Å². The summed E-state index contributed by atoms with van der Waals surface area (Å²) < 4.78 is 5.90. The van der Waals surface area contributed by atoms with Gasteiger partial charge in [0.2, 0.25) is 0 Å². The van der Waals surface area contributed by atoms with Crippen LogP contribution >= 0.6 is 0 Å². The summed E-state index contributed by atoms with van der Waals surface area (Å²) >= 11 is 0. The van der Waals surface area contributed by atoms with Crippen LogP contribution in [-0.4, -0.2) is 11.2 Å². The van der Waals surface area contributed by atoms with Gasteiger partial charge in [0.25, 0.3) is 0 Å². The number of benzene rings is 1. The highest BCUT2D eigenvalue weighted by molar-refractivity contribution is 5.53. The molecule has 0 unspecified atom stereocenters. The van der Waals surface area contributed by atoms with Crippen LogP contribution in [0, 0.1) is 18.3 Å². The van der Waals surface area contributed by atoms with Crippen molar-refractivity contribution in [1.82, 2.24) is 0 Å². The SMILES string of the molecule is Cc1c(OC2CCCCC2)ccc(C#N)c1O. The number of nitriles is 1. The molecule has 0 aromatic heterocycles. The molecule has 0 radical (unpaired) electrons. The highest BCUT2D eigenvalue weighted by Gasteiger charge is 2.17. The Kier molecular flexibility index (Phi) is 3.53. The molecule has 0 bridgehead atoms. The number of hydrogen-bond donors (Lipinski definition) is 1. The lowest BCUT2D eigenvalue weighted by molar-refractivity contribution is 0.153. The minimum Gasteiger partial charge on any atom is -0.506 e. The van der Waals surface area contributed by atoms with E-state index < -0.39 is 0 Å². The quantitative estimate of drug-likeness (QED) is 0.849. The summed E-state index contributed by atoms with van der Waals surface area (Å²) in [5.41, 5.74) is 0.966. The molecular formula is C14H17NO2. The molecule has 3 nitrogen and oxygen atoms in total. The van der Waals surface area contributed by atoms with Crippen molar-refractivity contribution in [3.05, 3.63) is 23.3 Å². The van der Waals surface area contributed by atoms with Crippen LogP contribution in [0.15, 0.2) is 12.1 Å². The van der Waals surface area contributed by atoms with Crippen molar-refractivity contribution < 1.29 is 9.84 Å². The molecule has 0 saturated heterocycles. The van der Waals surface area contributed by atoms with E-state index >= 15 is 0 Å². The summed E-state index contributed by atoms with van der Waals surface area (Å²) in [6.07, 6.45) is 6.14. The van der Waals surface area contributed by atoms with Crippen LogP contribution in [0.5, 0.6) is 11.5 Å². The van der Waals surface area contributed by atoms with Gasteiger partial charge >= 0.3 is 0 Å². The molecule has 0 spiro atoms. The Labute approximate surface area is 102 Å². The van der Waals surface area contributed by atoms with Gasteiger partial charge in [0.15, 0.2) is 0 Å². The van der Waals surface area contributed by atoms with Crippen molar-refractivity contribution >= 4 is 0 Å². The predicted molar refractivity (Wildman–Crippen MR) is 65.1 cm³/mol. The molecule has 3 heteroatoms. The predicted octanol–water partition coefficient (Wildman–Crippen LogP) is 3.28. The molecule has 2 rings (SSSR count). The fourth-order valence-corrected chi connectivity index (χ4v) is 2.26. The maximum Gasteiger partial charge on any atom is 0.139 e. The van der Waals surface area contributed by atoms with Crippen molar-refractivity contribution in [1.29, 1.82) is 5.26 Å². The standard InChI is InChI=1S/C14H17NO2/c1-10-13(8-7-11(9-15)14(10)16)17-12-5-3-2-4-6-12/h7-8,12,16H,2-6H2,1H3. The van der Waals surface area contributed by atoms with Gasteiger partial charge in [0.1, 0.15) is 17.6 Å². The summed E-state index contributed by atoms with van der Waals surface area (Å²) in [4.78, 5) is 0. The zero-order chi connectivity index (χ0) is 12.3. The number of ether oxygens (including phenoxy) is 1. The Bertz CT molecular complexity index is 442. The van der Waals surface area contributed by atoms with Crippen LogP contribution in [0.25, 0.3) is 0 Å². The second-order valence-electron chi connectivity index (χ2n) is 4.57. The largest absolute Gasteiger partial charge is 0.506 e. The van der Waals surface area contributed by atoms with Gasteiger partial charge in [-0.2, -0.15) is 5.26 Å². The number of phenols is 1. The molecule has 1 aromatic carbocycles. The minimum absolute atomic E-state index is 0.0424. The van der Waals surface area contributed by atoms with E-state index in [1.807, 2.05) is 6.07 Å². The van der Waals surface area contributed by atoms with Gasteiger partial charge in [-0.05, 0) is 44.7 Å². The van der Waals surface area contributed by atoms with Crippen molar-refractivity contribution in [2.45, 2.75) is 45.1 Å². The van der Waals surface area contributed by atoms with Crippen LogP contribution in [0.4, 0.5) is 0 Å². The van der Waals surface area contributed by atoms with E-state index in [1.165, 1.54) is 19.3 Å². The maximum atomic E-state index is 9.81. The minimum atomic E-state index is 0.0424. The smallest absolute Gasteiger partial charge is 0.139 e. The third-order valence-electron chi connectivity index (χ3n) is 3.35. The van der Waals surface area contributed by atoms with Gasteiger partial charge in [0, 0.05) is 5.56 Å². The van der Waals surface area contributed by atoms with Gasteiger partial charge in [0.05, 0.1) is 11.7 Å². The third kappa shape index (κ3) is 2.52.